The second-order valence-corrected chi connectivity index (χ2v) is 4.98. The first-order valence-electron chi connectivity index (χ1n) is 6.67. The first-order chi connectivity index (χ1) is 11.8. The summed E-state index contributed by atoms with van der Waals surface area (Å²) in [6.07, 6.45) is 1.21. The number of nitrogens with zero attached hydrogens (tertiary/aromatic N) is 3. The zero-order chi connectivity index (χ0) is 18.3. The molecular weight excluding hydrogens is 338 g/mol. The molecular formula is C13H7N5O7. The van der Waals surface area contributed by atoms with E-state index in [0.717, 1.165) is 0 Å². The second kappa shape index (κ2) is 5.59. The van der Waals surface area contributed by atoms with E-state index in [0.29, 0.717) is 6.07 Å². The van der Waals surface area contributed by atoms with E-state index < -0.39 is 50.5 Å². The number of nitro groups is 2. The lowest BCUT2D eigenvalue weighted by atomic mass is 9.91. The highest BCUT2D eigenvalue weighted by molar-refractivity contribution is 6.21. The Hall–Kier alpha value is -3.96. The van der Waals surface area contributed by atoms with Gasteiger partial charge in [-0.05, 0) is 12.1 Å². The molecule has 12 heteroatoms. The van der Waals surface area contributed by atoms with Crippen molar-refractivity contribution in [3.8, 4) is 0 Å². The highest BCUT2D eigenvalue weighted by Crippen LogP contribution is 2.39. The molecule has 1 aromatic carbocycles. The number of non-ortho nitro benzene ring substituents is 1. The Kier molecular flexibility index (Phi) is 3.56. The van der Waals surface area contributed by atoms with Gasteiger partial charge in [-0.1, -0.05) is 0 Å². The summed E-state index contributed by atoms with van der Waals surface area (Å²) in [5.41, 5.74) is -2.07. The maximum atomic E-state index is 12.1. The summed E-state index contributed by atoms with van der Waals surface area (Å²) in [6, 6.07) is 2.26. The van der Waals surface area contributed by atoms with Crippen molar-refractivity contribution in [1.29, 1.82) is 0 Å². The molecule has 2 aromatic rings. The minimum atomic E-state index is -1.75. The van der Waals surface area contributed by atoms with Crippen molar-refractivity contribution in [2.45, 2.75) is 5.92 Å². The predicted molar refractivity (Wildman–Crippen MR) is 79.5 cm³/mol. The number of imide groups is 2. The SMILES string of the molecule is O=C1NC(=O)C(c2c([N+](=O)[O-])cc([N+](=O)[O-])c3cccnc23)C(=O)N1. The molecule has 12 nitrogen and oxygen atoms in total. The summed E-state index contributed by atoms with van der Waals surface area (Å²) in [4.78, 5) is 60.0. The Morgan fingerprint density at radius 1 is 1.00 bits per heavy atom. The predicted octanol–water partition coefficient (Wildman–Crippen LogP) is 0.501. The molecule has 3 rings (SSSR count). The number of carbonyl (C=O) groups excluding carboxylic acids is 3. The number of nitro benzene ring substituents is 2. The molecule has 0 spiro atoms. The summed E-state index contributed by atoms with van der Waals surface area (Å²) < 4.78 is 0. The maximum Gasteiger partial charge on any atom is 0.328 e. The van der Waals surface area contributed by atoms with Gasteiger partial charge in [-0.15, -0.1) is 0 Å². The van der Waals surface area contributed by atoms with Crippen LogP contribution in [-0.4, -0.2) is 32.7 Å². The first-order valence-corrected chi connectivity index (χ1v) is 6.67. The zero-order valence-electron chi connectivity index (χ0n) is 12.1. The smallest absolute Gasteiger partial charge is 0.277 e. The summed E-state index contributed by atoms with van der Waals surface area (Å²) >= 11 is 0. The summed E-state index contributed by atoms with van der Waals surface area (Å²) in [6.45, 7) is 0. The van der Waals surface area contributed by atoms with Gasteiger partial charge in [0.25, 0.3) is 11.4 Å². The minimum absolute atomic E-state index is 0.0781. The van der Waals surface area contributed by atoms with E-state index in [1.807, 2.05) is 10.6 Å². The molecule has 126 valence electrons. The second-order valence-electron chi connectivity index (χ2n) is 4.98. The van der Waals surface area contributed by atoms with E-state index in [1.54, 1.807) is 0 Å². The van der Waals surface area contributed by atoms with Crippen molar-refractivity contribution in [2.24, 2.45) is 0 Å². The van der Waals surface area contributed by atoms with Gasteiger partial charge in [0.05, 0.1) is 32.4 Å². The van der Waals surface area contributed by atoms with Gasteiger partial charge in [-0.25, -0.2) is 4.79 Å². The van der Waals surface area contributed by atoms with E-state index in [-0.39, 0.29) is 10.9 Å². The topological polar surface area (TPSA) is 174 Å². The van der Waals surface area contributed by atoms with E-state index >= 15 is 0 Å². The molecule has 0 saturated carbocycles. The van der Waals surface area contributed by atoms with Gasteiger partial charge in [-0.2, -0.15) is 0 Å². The number of rotatable bonds is 3. The number of benzene rings is 1. The highest BCUT2D eigenvalue weighted by Gasteiger charge is 2.42. The first kappa shape index (κ1) is 15.9. The number of fused-ring (bicyclic) bond motifs is 1. The molecule has 0 radical (unpaired) electrons. The van der Waals surface area contributed by atoms with Gasteiger partial charge in [-0.3, -0.25) is 45.4 Å². The fraction of sp³-hybridized carbons (Fsp3) is 0.0769. The van der Waals surface area contributed by atoms with Crippen LogP contribution in [0.3, 0.4) is 0 Å². The molecule has 0 unspecified atom stereocenters. The maximum absolute atomic E-state index is 12.1. The number of hydrogen-bond donors (Lipinski definition) is 2. The molecule has 0 bridgehead atoms. The molecule has 2 N–H and O–H groups in total. The Morgan fingerprint density at radius 3 is 2.16 bits per heavy atom. The van der Waals surface area contributed by atoms with Crippen LogP contribution in [0.1, 0.15) is 11.5 Å². The number of carbonyl (C=O) groups is 3. The molecule has 4 amide bonds. The van der Waals surface area contributed by atoms with Crippen LogP contribution in [0.25, 0.3) is 10.9 Å². The van der Waals surface area contributed by atoms with Crippen molar-refractivity contribution in [3.63, 3.8) is 0 Å². The fourth-order valence-electron chi connectivity index (χ4n) is 2.60. The average molecular weight is 345 g/mol. The van der Waals surface area contributed by atoms with E-state index in [9.17, 15) is 34.6 Å². The number of aromatic nitrogens is 1. The average Bonchev–Trinajstić information content (AvgIpc) is 2.53. The third kappa shape index (κ3) is 2.50. The summed E-state index contributed by atoms with van der Waals surface area (Å²) in [7, 11) is 0. The summed E-state index contributed by atoms with van der Waals surface area (Å²) in [5, 5.41) is 26.2. The van der Waals surface area contributed by atoms with E-state index in [4.69, 9.17) is 0 Å². The van der Waals surface area contributed by atoms with Crippen molar-refractivity contribution in [3.05, 3.63) is 50.2 Å². The summed E-state index contributed by atoms with van der Waals surface area (Å²) in [5.74, 6) is -3.92. The Labute approximate surface area is 137 Å². The Balaban J connectivity index is 2.39. The van der Waals surface area contributed by atoms with Crippen LogP contribution in [0.5, 0.6) is 0 Å². The van der Waals surface area contributed by atoms with Gasteiger partial charge in [0, 0.05) is 6.20 Å². The van der Waals surface area contributed by atoms with Crippen LogP contribution in [0.2, 0.25) is 0 Å². The number of amides is 4. The Morgan fingerprint density at radius 2 is 1.60 bits per heavy atom. The van der Waals surface area contributed by atoms with Crippen molar-refractivity contribution in [1.82, 2.24) is 15.6 Å². The standard InChI is InChI=1S/C13H7N5O7/c19-11-9(12(20)16-13(21)15-11)8-7(18(24)25)4-6(17(22)23)5-2-1-3-14-10(5)8/h1-4,9H,(H2,15,16,19,20,21). The van der Waals surface area contributed by atoms with Gasteiger partial charge in [0.15, 0.2) is 5.92 Å². The number of hydrogen-bond acceptors (Lipinski definition) is 8. The number of urea groups is 1. The van der Waals surface area contributed by atoms with Crippen molar-refractivity contribution < 1.29 is 24.2 Å². The molecule has 0 atom stereocenters. The lowest BCUT2D eigenvalue weighted by Crippen LogP contribution is -2.54. The molecule has 1 aromatic heterocycles. The number of pyridine rings is 1. The molecule has 1 saturated heterocycles. The third-order valence-corrected chi connectivity index (χ3v) is 3.57. The van der Waals surface area contributed by atoms with Gasteiger partial charge >= 0.3 is 6.03 Å². The zero-order valence-corrected chi connectivity index (χ0v) is 12.1. The van der Waals surface area contributed by atoms with Gasteiger partial charge in [0.2, 0.25) is 11.8 Å². The minimum Gasteiger partial charge on any atom is -0.277 e. The highest BCUT2D eigenvalue weighted by atomic mass is 16.6. The van der Waals surface area contributed by atoms with Gasteiger partial charge < -0.3 is 0 Å². The van der Waals surface area contributed by atoms with Crippen LogP contribution in [0, 0.1) is 20.2 Å². The van der Waals surface area contributed by atoms with Crippen LogP contribution in [0.15, 0.2) is 24.4 Å². The molecule has 1 aliphatic rings. The normalized spacial score (nSPS) is 15.0. The van der Waals surface area contributed by atoms with E-state index in [1.165, 1.54) is 18.3 Å². The molecule has 2 heterocycles. The van der Waals surface area contributed by atoms with Gasteiger partial charge in [0.1, 0.15) is 0 Å². The third-order valence-electron chi connectivity index (χ3n) is 3.57. The van der Waals surface area contributed by atoms with Crippen LogP contribution in [0.4, 0.5) is 16.2 Å². The van der Waals surface area contributed by atoms with E-state index in [2.05, 4.69) is 4.98 Å². The fourth-order valence-corrected chi connectivity index (χ4v) is 2.60. The van der Waals surface area contributed by atoms with Crippen LogP contribution >= 0.6 is 0 Å². The molecule has 1 fully saturated rings. The number of barbiturate groups is 1. The molecule has 1 aliphatic heterocycles. The lowest BCUT2D eigenvalue weighted by Gasteiger charge is -2.21. The molecule has 0 aliphatic carbocycles. The van der Waals surface area contributed by atoms with Crippen molar-refractivity contribution in [2.75, 3.05) is 0 Å². The lowest BCUT2D eigenvalue weighted by molar-refractivity contribution is -0.393. The monoisotopic (exact) mass is 345 g/mol. The Bertz CT molecular complexity index is 966. The van der Waals surface area contributed by atoms with Crippen molar-refractivity contribution >= 4 is 40.1 Å². The van der Waals surface area contributed by atoms with Crippen LogP contribution in [-0.2, 0) is 9.59 Å². The number of nitrogens with one attached hydrogen (secondary N) is 2. The quantitative estimate of drug-likeness (QED) is 0.459. The largest absolute Gasteiger partial charge is 0.328 e. The molecule has 25 heavy (non-hydrogen) atoms. The van der Waals surface area contributed by atoms with Crippen LogP contribution < -0.4 is 10.6 Å².